The molecule has 2 amide bonds. The molecule has 2 aromatic rings. The summed E-state index contributed by atoms with van der Waals surface area (Å²) >= 11 is 1.37. The van der Waals surface area contributed by atoms with Crippen molar-refractivity contribution < 1.29 is 14.0 Å². The predicted octanol–water partition coefficient (Wildman–Crippen LogP) is 1.47. The standard InChI is InChI=1S/C14H13FN4O2S/c1-9-4-11(22-8-9)13(21)18-2-3-19(12(20)7-18)14-16-5-10(15)6-17-14/h4-6,8H,2-3,7H2,1H3. The molecule has 22 heavy (non-hydrogen) atoms. The Hall–Kier alpha value is -2.35. The van der Waals surface area contributed by atoms with Crippen LogP contribution in [0.3, 0.4) is 0 Å². The summed E-state index contributed by atoms with van der Waals surface area (Å²) in [7, 11) is 0. The molecule has 0 aromatic carbocycles. The minimum atomic E-state index is -0.557. The van der Waals surface area contributed by atoms with Crippen LogP contribution in [0.2, 0.25) is 0 Å². The minimum absolute atomic E-state index is 0.0312. The molecule has 0 spiro atoms. The lowest BCUT2D eigenvalue weighted by molar-refractivity contribution is -0.120. The number of hydrogen-bond donors (Lipinski definition) is 0. The van der Waals surface area contributed by atoms with Crippen LogP contribution in [0.1, 0.15) is 15.2 Å². The Bertz CT molecular complexity index is 716. The summed E-state index contributed by atoms with van der Waals surface area (Å²) in [6, 6.07) is 1.81. The fraction of sp³-hybridized carbons (Fsp3) is 0.286. The van der Waals surface area contributed by atoms with Crippen molar-refractivity contribution in [2.45, 2.75) is 6.92 Å². The van der Waals surface area contributed by atoms with Crippen LogP contribution in [0, 0.1) is 12.7 Å². The number of hydrogen-bond acceptors (Lipinski definition) is 5. The van der Waals surface area contributed by atoms with Crippen LogP contribution >= 0.6 is 11.3 Å². The van der Waals surface area contributed by atoms with Crippen molar-refractivity contribution in [3.8, 4) is 0 Å². The van der Waals surface area contributed by atoms with E-state index in [1.807, 2.05) is 18.4 Å². The van der Waals surface area contributed by atoms with E-state index in [0.29, 0.717) is 18.0 Å². The second kappa shape index (κ2) is 5.80. The number of amides is 2. The quantitative estimate of drug-likeness (QED) is 0.840. The number of nitrogens with zero attached hydrogens (tertiary/aromatic N) is 4. The Morgan fingerprint density at radius 1 is 1.32 bits per heavy atom. The average molecular weight is 320 g/mol. The van der Waals surface area contributed by atoms with Crippen molar-refractivity contribution in [2.75, 3.05) is 24.5 Å². The van der Waals surface area contributed by atoms with Gasteiger partial charge in [0.25, 0.3) is 5.91 Å². The van der Waals surface area contributed by atoms with Crippen molar-refractivity contribution >= 4 is 29.1 Å². The number of aromatic nitrogens is 2. The molecule has 1 saturated heterocycles. The molecule has 0 bridgehead atoms. The number of rotatable bonds is 2. The molecule has 3 heterocycles. The highest BCUT2D eigenvalue weighted by Gasteiger charge is 2.30. The first kappa shape index (κ1) is 14.6. The van der Waals surface area contributed by atoms with E-state index in [-0.39, 0.29) is 24.3 Å². The fourth-order valence-electron chi connectivity index (χ4n) is 2.20. The number of carbonyl (C=O) groups is 2. The topological polar surface area (TPSA) is 66.4 Å². The summed E-state index contributed by atoms with van der Waals surface area (Å²) in [5, 5.41) is 1.90. The highest BCUT2D eigenvalue weighted by Crippen LogP contribution is 2.18. The molecule has 1 aliphatic rings. The number of carbonyl (C=O) groups excluding carboxylic acids is 2. The Morgan fingerprint density at radius 2 is 2.05 bits per heavy atom. The van der Waals surface area contributed by atoms with Crippen LogP contribution in [0.25, 0.3) is 0 Å². The van der Waals surface area contributed by atoms with Crippen LogP contribution in [0.5, 0.6) is 0 Å². The van der Waals surface area contributed by atoms with Crippen LogP contribution in [0.4, 0.5) is 10.3 Å². The summed E-state index contributed by atoms with van der Waals surface area (Å²) in [6.07, 6.45) is 2.03. The van der Waals surface area contributed by atoms with E-state index >= 15 is 0 Å². The second-order valence-corrected chi connectivity index (χ2v) is 5.87. The van der Waals surface area contributed by atoms with Gasteiger partial charge in [-0.3, -0.25) is 14.5 Å². The van der Waals surface area contributed by atoms with E-state index in [1.165, 1.54) is 21.1 Å². The SMILES string of the molecule is Cc1csc(C(=O)N2CCN(c3ncc(F)cn3)C(=O)C2)c1. The zero-order valence-electron chi connectivity index (χ0n) is 11.8. The summed E-state index contributed by atoms with van der Waals surface area (Å²) < 4.78 is 12.8. The first-order valence-electron chi connectivity index (χ1n) is 6.67. The van der Waals surface area contributed by atoms with Gasteiger partial charge in [-0.2, -0.15) is 0 Å². The highest BCUT2D eigenvalue weighted by atomic mass is 32.1. The molecule has 6 nitrogen and oxygen atoms in total. The molecule has 0 radical (unpaired) electrons. The second-order valence-electron chi connectivity index (χ2n) is 4.96. The van der Waals surface area contributed by atoms with E-state index in [4.69, 9.17) is 0 Å². The average Bonchev–Trinajstić information content (AvgIpc) is 2.94. The van der Waals surface area contributed by atoms with Gasteiger partial charge in [0.05, 0.1) is 17.3 Å². The van der Waals surface area contributed by atoms with Gasteiger partial charge in [0.2, 0.25) is 11.9 Å². The molecule has 0 atom stereocenters. The lowest BCUT2D eigenvalue weighted by Crippen LogP contribution is -2.52. The van der Waals surface area contributed by atoms with E-state index in [9.17, 15) is 14.0 Å². The van der Waals surface area contributed by atoms with Gasteiger partial charge in [0.1, 0.15) is 6.54 Å². The van der Waals surface area contributed by atoms with E-state index < -0.39 is 5.82 Å². The molecular weight excluding hydrogens is 307 g/mol. The number of aryl methyl sites for hydroxylation is 1. The van der Waals surface area contributed by atoms with Crippen molar-refractivity contribution in [3.63, 3.8) is 0 Å². The molecule has 0 saturated carbocycles. The summed E-state index contributed by atoms with van der Waals surface area (Å²) in [6.45, 7) is 2.57. The summed E-state index contributed by atoms with van der Waals surface area (Å²) in [5.41, 5.74) is 1.03. The third-order valence-electron chi connectivity index (χ3n) is 3.30. The Kier molecular flexibility index (Phi) is 3.84. The number of thiophene rings is 1. The summed E-state index contributed by atoms with van der Waals surface area (Å²) in [5.74, 6) is -0.825. The smallest absolute Gasteiger partial charge is 0.264 e. The maximum atomic E-state index is 12.8. The lowest BCUT2D eigenvalue weighted by atomic mass is 10.2. The highest BCUT2D eigenvalue weighted by molar-refractivity contribution is 7.12. The third kappa shape index (κ3) is 2.82. The van der Waals surface area contributed by atoms with Gasteiger partial charge in [-0.1, -0.05) is 0 Å². The van der Waals surface area contributed by atoms with E-state index in [2.05, 4.69) is 9.97 Å². The van der Waals surface area contributed by atoms with Gasteiger partial charge in [0.15, 0.2) is 5.82 Å². The van der Waals surface area contributed by atoms with Crippen molar-refractivity contribution in [3.05, 3.63) is 40.1 Å². The lowest BCUT2D eigenvalue weighted by Gasteiger charge is -2.32. The van der Waals surface area contributed by atoms with Gasteiger partial charge in [-0.15, -0.1) is 11.3 Å². The summed E-state index contributed by atoms with van der Waals surface area (Å²) in [4.78, 5) is 35.6. The number of piperazine rings is 1. The van der Waals surface area contributed by atoms with E-state index in [1.54, 1.807) is 0 Å². The molecule has 0 unspecified atom stereocenters. The van der Waals surface area contributed by atoms with Crippen LogP contribution < -0.4 is 4.90 Å². The zero-order valence-corrected chi connectivity index (χ0v) is 12.6. The molecule has 114 valence electrons. The minimum Gasteiger partial charge on any atom is -0.327 e. The third-order valence-corrected chi connectivity index (χ3v) is 4.33. The number of halogens is 1. The first-order chi connectivity index (χ1) is 10.5. The first-order valence-corrected chi connectivity index (χ1v) is 7.55. The van der Waals surface area contributed by atoms with Crippen LogP contribution in [-0.4, -0.2) is 46.3 Å². The van der Waals surface area contributed by atoms with Gasteiger partial charge in [0, 0.05) is 13.1 Å². The molecule has 0 N–H and O–H groups in total. The van der Waals surface area contributed by atoms with Crippen LogP contribution in [0.15, 0.2) is 23.8 Å². The molecule has 1 aliphatic heterocycles. The largest absolute Gasteiger partial charge is 0.327 e. The van der Waals surface area contributed by atoms with Crippen molar-refractivity contribution in [2.24, 2.45) is 0 Å². The Labute approximate surface area is 130 Å². The van der Waals surface area contributed by atoms with Crippen LogP contribution in [-0.2, 0) is 4.79 Å². The zero-order chi connectivity index (χ0) is 15.7. The monoisotopic (exact) mass is 320 g/mol. The maximum Gasteiger partial charge on any atom is 0.264 e. The maximum absolute atomic E-state index is 12.8. The van der Waals surface area contributed by atoms with Crippen molar-refractivity contribution in [1.29, 1.82) is 0 Å². The van der Waals surface area contributed by atoms with Gasteiger partial charge < -0.3 is 4.90 Å². The Balaban J connectivity index is 1.71. The Morgan fingerprint density at radius 3 is 2.64 bits per heavy atom. The van der Waals surface area contributed by atoms with Crippen molar-refractivity contribution in [1.82, 2.24) is 14.9 Å². The van der Waals surface area contributed by atoms with Gasteiger partial charge >= 0.3 is 0 Å². The molecular formula is C14H13FN4O2S. The molecule has 3 rings (SSSR count). The van der Waals surface area contributed by atoms with Gasteiger partial charge in [-0.25, -0.2) is 14.4 Å². The molecule has 1 fully saturated rings. The van der Waals surface area contributed by atoms with E-state index in [0.717, 1.165) is 18.0 Å². The fourth-order valence-corrected chi connectivity index (χ4v) is 3.07. The number of anilines is 1. The molecule has 2 aromatic heterocycles. The normalized spacial score (nSPS) is 15.3. The predicted molar refractivity (Wildman–Crippen MR) is 79.3 cm³/mol. The van der Waals surface area contributed by atoms with Gasteiger partial charge in [-0.05, 0) is 23.9 Å². The molecule has 0 aliphatic carbocycles. The molecule has 8 heteroatoms.